The lowest BCUT2D eigenvalue weighted by molar-refractivity contribution is 1.03. The van der Waals surface area contributed by atoms with Crippen LogP contribution in [0, 0.1) is 62.3 Å². The summed E-state index contributed by atoms with van der Waals surface area (Å²) in [4.78, 5) is 0. The van der Waals surface area contributed by atoms with Gasteiger partial charge >= 0.3 is 0 Å². The molecule has 66 heavy (non-hydrogen) atoms. The van der Waals surface area contributed by atoms with Crippen molar-refractivity contribution in [3.8, 4) is 85.4 Å². The Balaban J connectivity index is 1.08. The van der Waals surface area contributed by atoms with E-state index in [1.807, 2.05) is 36.4 Å². The Morgan fingerprint density at radius 2 is 0.424 bits per heavy atom. The molecule has 9 heteroatoms. The number of aromatic nitrogens is 9. The van der Waals surface area contributed by atoms with Gasteiger partial charge in [-0.25, -0.2) is 0 Å². The van der Waals surface area contributed by atoms with E-state index >= 15 is 0 Å². The Kier molecular flexibility index (Phi) is 10.7. The normalized spacial score (nSPS) is 11.4. The molecular weight excluding hydrogens is 811 g/mol. The summed E-state index contributed by atoms with van der Waals surface area (Å²) < 4.78 is 6.61. The van der Waals surface area contributed by atoms with E-state index in [1.165, 1.54) is 16.7 Å². The maximum Gasteiger partial charge on any atom is 0.168 e. The van der Waals surface area contributed by atoms with Crippen molar-refractivity contribution in [2.75, 3.05) is 0 Å². The van der Waals surface area contributed by atoms with Crippen LogP contribution in [0.5, 0.6) is 0 Å². The molecule has 10 rings (SSSR count). The number of benzene rings is 7. The van der Waals surface area contributed by atoms with Crippen molar-refractivity contribution in [2.45, 2.75) is 62.3 Å². The first kappa shape index (κ1) is 41.9. The van der Waals surface area contributed by atoms with Gasteiger partial charge < -0.3 is 0 Å². The third-order valence-corrected chi connectivity index (χ3v) is 12.4. The third kappa shape index (κ3) is 7.42. The molecule has 0 aliphatic heterocycles. The lowest BCUT2D eigenvalue weighted by Gasteiger charge is -2.18. The minimum Gasteiger partial charge on any atom is -0.274 e. The van der Waals surface area contributed by atoms with E-state index in [2.05, 4.69) is 185 Å². The summed E-state index contributed by atoms with van der Waals surface area (Å²) in [6.45, 7) is 19.4. The number of rotatable bonds is 9. The summed E-state index contributed by atoms with van der Waals surface area (Å²) >= 11 is 0. The Labute approximate surface area is 386 Å². The number of hydrogen-bond acceptors (Lipinski definition) is 6. The third-order valence-electron chi connectivity index (χ3n) is 12.4. The van der Waals surface area contributed by atoms with E-state index in [0.29, 0.717) is 0 Å². The molecule has 0 N–H and O–H groups in total. The zero-order valence-corrected chi connectivity index (χ0v) is 38.9. The van der Waals surface area contributed by atoms with Gasteiger partial charge in [0.1, 0.15) is 0 Å². The molecule has 0 aliphatic carbocycles. The average Bonchev–Trinajstić information content (AvgIpc) is 4.05. The Morgan fingerprint density at radius 1 is 0.242 bits per heavy atom. The molecule has 7 aromatic carbocycles. The summed E-state index contributed by atoms with van der Waals surface area (Å²) in [7, 11) is 0. The van der Waals surface area contributed by atoms with Crippen LogP contribution < -0.4 is 0 Å². The van der Waals surface area contributed by atoms with Crippen LogP contribution >= 0.6 is 0 Å². The van der Waals surface area contributed by atoms with E-state index in [0.717, 1.165) is 119 Å². The standard InChI is InChI=1S/C57H51N9/c1-34-28-37(4)49(38(5)29-34)64-52(43-16-12-10-13-17-43)58-60-54(64)45-20-24-47(25-21-45)56-62-63-57(66(56)51-41(8)32-36(3)33-42(51)9)48-26-22-46(23-27-48)55-61-59-53(44-18-14-11-15-19-44)65(55)50-39(6)30-35(2)31-40(50)7/h10-33H,1-9H3. The maximum atomic E-state index is 4.94. The van der Waals surface area contributed by atoms with Crippen molar-refractivity contribution in [3.63, 3.8) is 0 Å². The van der Waals surface area contributed by atoms with Crippen LogP contribution in [0.15, 0.2) is 146 Å². The molecule has 0 unspecified atom stereocenters. The first-order chi connectivity index (χ1) is 31.9. The van der Waals surface area contributed by atoms with E-state index in [9.17, 15) is 0 Å². The molecule has 0 saturated heterocycles. The highest BCUT2D eigenvalue weighted by atomic mass is 15.3. The summed E-state index contributed by atoms with van der Waals surface area (Å²) in [6.07, 6.45) is 0. The number of nitrogens with zero attached hydrogens (tertiary/aromatic N) is 9. The first-order valence-electron chi connectivity index (χ1n) is 22.4. The molecule has 0 bridgehead atoms. The van der Waals surface area contributed by atoms with Gasteiger partial charge in [0, 0.05) is 33.4 Å². The fraction of sp³-hybridized carbons (Fsp3) is 0.158. The van der Waals surface area contributed by atoms with E-state index in [4.69, 9.17) is 30.6 Å². The highest BCUT2D eigenvalue weighted by Crippen LogP contribution is 2.38. The molecule has 3 heterocycles. The molecule has 0 saturated carbocycles. The molecule has 3 aromatic heterocycles. The predicted molar refractivity (Wildman–Crippen MR) is 266 cm³/mol. The van der Waals surface area contributed by atoms with Crippen LogP contribution in [0.3, 0.4) is 0 Å². The van der Waals surface area contributed by atoms with Gasteiger partial charge in [-0.3, -0.25) is 13.7 Å². The second-order valence-electron chi connectivity index (χ2n) is 17.7. The quantitative estimate of drug-likeness (QED) is 0.144. The zero-order valence-electron chi connectivity index (χ0n) is 38.9. The van der Waals surface area contributed by atoms with Gasteiger partial charge in [-0.15, -0.1) is 30.6 Å². The van der Waals surface area contributed by atoms with Gasteiger partial charge in [0.2, 0.25) is 0 Å². The SMILES string of the molecule is Cc1cc(C)c(-n2c(-c3ccccc3)nnc2-c2ccc(-c3nnc(-c4ccc(-c5nnc(-c6ccccc6)n5-c5c(C)cc(C)cc5C)cc4)n3-c3c(C)cc(C)cc3C)cc2)c(C)c1. The highest BCUT2D eigenvalue weighted by molar-refractivity contribution is 5.75. The smallest absolute Gasteiger partial charge is 0.168 e. The average molecular weight is 862 g/mol. The van der Waals surface area contributed by atoms with Crippen molar-refractivity contribution in [1.82, 2.24) is 44.3 Å². The van der Waals surface area contributed by atoms with E-state index in [1.54, 1.807) is 0 Å². The summed E-state index contributed by atoms with van der Waals surface area (Å²) in [5.41, 5.74) is 19.5. The molecule has 0 atom stereocenters. The largest absolute Gasteiger partial charge is 0.274 e. The van der Waals surface area contributed by atoms with Crippen molar-refractivity contribution < 1.29 is 0 Å². The van der Waals surface area contributed by atoms with Gasteiger partial charge in [0.15, 0.2) is 34.9 Å². The van der Waals surface area contributed by atoms with Crippen molar-refractivity contribution in [2.24, 2.45) is 0 Å². The van der Waals surface area contributed by atoms with Crippen LogP contribution in [-0.2, 0) is 0 Å². The molecular formula is C57H51N9. The number of aryl methyl sites for hydroxylation is 9. The molecule has 0 radical (unpaired) electrons. The van der Waals surface area contributed by atoms with Gasteiger partial charge in [0.05, 0.1) is 17.1 Å². The molecule has 0 spiro atoms. The number of hydrogen-bond donors (Lipinski definition) is 0. The highest BCUT2D eigenvalue weighted by Gasteiger charge is 2.25. The lowest BCUT2D eigenvalue weighted by atomic mass is 10.0. The van der Waals surface area contributed by atoms with Crippen LogP contribution in [0.1, 0.15) is 50.1 Å². The topological polar surface area (TPSA) is 92.1 Å². The monoisotopic (exact) mass is 861 g/mol. The van der Waals surface area contributed by atoms with E-state index in [-0.39, 0.29) is 0 Å². The van der Waals surface area contributed by atoms with Crippen LogP contribution in [0.25, 0.3) is 85.4 Å². The predicted octanol–water partition coefficient (Wildman–Crippen LogP) is 13.2. The molecule has 0 fully saturated rings. The summed E-state index contributed by atoms with van der Waals surface area (Å²) in [6, 6.07) is 50.8. The molecule has 0 aliphatic rings. The molecule has 0 amide bonds. The Bertz CT molecular complexity index is 3160. The van der Waals surface area contributed by atoms with Crippen LogP contribution in [0.4, 0.5) is 0 Å². The van der Waals surface area contributed by atoms with E-state index < -0.39 is 0 Å². The molecule has 324 valence electrons. The van der Waals surface area contributed by atoms with Gasteiger partial charge in [-0.1, -0.05) is 162 Å². The first-order valence-corrected chi connectivity index (χ1v) is 22.4. The van der Waals surface area contributed by atoms with Crippen molar-refractivity contribution in [3.05, 3.63) is 196 Å². The maximum absolute atomic E-state index is 4.94. The lowest BCUT2D eigenvalue weighted by Crippen LogP contribution is -2.06. The van der Waals surface area contributed by atoms with Crippen molar-refractivity contribution >= 4 is 0 Å². The second-order valence-corrected chi connectivity index (χ2v) is 17.7. The van der Waals surface area contributed by atoms with Crippen LogP contribution in [0.2, 0.25) is 0 Å². The summed E-state index contributed by atoms with van der Waals surface area (Å²) in [5.74, 6) is 4.60. The van der Waals surface area contributed by atoms with Gasteiger partial charge in [-0.2, -0.15) is 0 Å². The Morgan fingerprint density at radius 3 is 0.621 bits per heavy atom. The fourth-order valence-corrected chi connectivity index (χ4v) is 9.90. The minimum atomic E-state index is 0.741. The molecule has 10 aromatic rings. The minimum absolute atomic E-state index is 0.741. The molecule has 9 nitrogen and oxygen atoms in total. The van der Waals surface area contributed by atoms with Crippen molar-refractivity contribution in [1.29, 1.82) is 0 Å². The zero-order chi connectivity index (χ0) is 45.8. The second kappa shape index (κ2) is 16.8. The van der Waals surface area contributed by atoms with Gasteiger partial charge in [-0.05, 0) is 95.7 Å². The fourth-order valence-electron chi connectivity index (χ4n) is 9.90. The van der Waals surface area contributed by atoms with Crippen LogP contribution in [-0.4, -0.2) is 44.3 Å². The van der Waals surface area contributed by atoms with Gasteiger partial charge in [0.25, 0.3) is 0 Å². The Hall–Kier alpha value is -8.04. The summed E-state index contributed by atoms with van der Waals surface area (Å²) in [5, 5.41) is 29.1.